The Morgan fingerprint density at radius 2 is 1.87 bits per heavy atom. The van der Waals surface area contributed by atoms with Gasteiger partial charge in [-0.25, -0.2) is 4.39 Å². The highest BCUT2D eigenvalue weighted by Crippen LogP contribution is 2.60. The van der Waals surface area contributed by atoms with Crippen molar-refractivity contribution in [1.29, 1.82) is 5.41 Å². The van der Waals surface area contributed by atoms with Crippen molar-refractivity contribution in [2.75, 3.05) is 20.1 Å². The van der Waals surface area contributed by atoms with Gasteiger partial charge in [-0.2, -0.15) is 0 Å². The van der Waals surface area contributed by atoms with Gasteiger partial charge in [0.1, 0.15) is 5.82 Å². The number of hydrogen-bond acceptors (Lipinski definition) is 4. The molecule has 4 nitrogen and oxygen atoms in total. The smallest absolute Gasteiger partial charge is 0.182 e. The maximum absolute atomic E-state index is 13.4. The van der Waals surface area contributed by atoms with E-state index in [1.54, 1.807) is 6.07 Å². The van der Waals surface area contributed by atoms with Crippen molar-refractivity contribution >= 4 is 27.3 Å². The molecule has 0 atom stereocenters. The van der Waals surface area contributed by atoms with Crippen molar-refractivity contribution in [2.45, 2.75) is 57.9 Å². The first-order valence-electron chi connectivity index (χ1n) is 11.5. The number of nitrogens with one attached hydrogen (secondary N) is 1. The van der Waals surface area contributed by atoms with Crippen molar-refractivity contribution in [3.63, 3.8) is 0 Å². The fourth-order valence-electron chi connectivity index (χ4n) is 6.88. The van der Waals surface area contributed by atoms with E-state index in [1.807, 2.05) is 4.57 Å². The molecular formula is C24H32FN3OS. The molecule has 0 aliphatic heterocycles. The van der Waals surface area contributed by atoms with Crippen LogP contribution in [-0.2, 0) is 11.3 Å². The first-order valence-corrected chi connectivity index (χ1v) is 12.3. The normalized spacial score (nSPS) is 29.9. The second-order valence-corrected chi connectivity index (χ2v) is 11.3. The molecule has 0 amide bonds. The highest BCUT2D eigenvalue weighted by molar-refractivity contribution is 7.16. The van der Waals surface area contributed by atoms with E-state index in [2.05, 4.69) is 11.9 Å². The van der Waals surface area contributed by atoms with E-state index in [1.165, 1.54) is 42.7 Å². The van der Waals surface area contributed by atoms with E-state index in [9.17, 15) is 9.18 Å². The van der Waals surface area contributed by atoms with Crippen LogP contribution < -0.4 is 4.80 Å². The van der Waals surface area contributed by atoms with Gasteiger partial charge in [0, 0.05) is 12.0 Å². The van der Waals surface area contributed by atoms with Gasteiger partial charge in [-0.05, 0) is 101 Å². The predicted molar refractivity (Wildman–Crippen MR) is 118 cm³/mol. The molecule has 0 unspecified atom stereocenters. The molecule has 6 rings (SSSR count). The molecule has 4 saturated carbocycles. The van der Waals surface area contributed by atoms with Crippen LogP contribution >= 0.6 is 11.3 Å². The number of rotatable bonds is 8. The van der Waals surface area contributed by atoms with Gasteiger partial charge in [-0.3, -0.25) is 15.1 Å². The number of halogens is 1. The lowest BCUT2D eigenvalue weighted by molar-refractivity contribution is -0.144. The number of hydrogen-bond donors (Lipinski definition) is 1. The Bertz CT molecular complexity index is 974. The van der Waals surface area contributed by atoms with Crippen molar-refractivity contribution in [2.24, 2.45) is 23.2 Å². The molecule has 4 fully saturated rings. The Morgan fingerprint density at radius 1 is 1.20 bits per heavy atom. The van der Waals surface area contributed by atoms with E-state index < -0.39 is 0 Å². The highest BCUT2D eigenvalue weighted by Gasteiger charge is 2.54. The number of aryl methyl sites for hydroxylation is 1. The monoisotopic (exact) mass is 429 g/mol. The summed E-state index contributed by atoms with van der Waals surface area (Å²) in [6.45, 7) is 2.26. The molecule has 1 heterocycles. The number of unbranched alkanes of at least 4 members (excludes halogenated alkanes) is 1. The summed E-state index contributed by atoms with van der Waals surface area (Å²) in [6.07, 6.45) is 9.54. The van der Waals surface area contributed by atoms with Crippen LogP contribution in [-0.4, -0.2) is 35.4 Å². The number of aromatic nitrogens is 1. The highest BCUT2D eigenvalue weighted by atomic mass is 32.1. The minimum absolute atomic E-state index is 0.00382. The maximum atomic E-state index is 13.4. The van der Waals surface area contributed by atoms with Gasteiger partial charge in [0.2, 0.25) is 0 Å². The number of nitrogens with zero attached hydrogens (tertiary/aromatic N) is 2. The average Bonchev–Trinajstić information content (AvgIpc) is 2.98. The summed E-state index contributed by atoms with van der Waals surface area (Å²) in [7, 11) is 2.07. The molecule has 162 valence electrons. The van der Waals surface area contributed by atoms with Crippen molar-refractivity contribution in [3.05, 3.63) is 28.8 Å². The summed E-state index contributed by atoms with van der Waals surface area (Å²) in [5, 5.41) is 8.18. The van der Waals surface area contributed by atoms with Gasteiger partial charge >= 0.3 is 0 Å². The molecule has 4 aliphatic carbocycles. The van der Waals surface area contributed by atoms with Crippen LogP contribution in [0.1, 0.15) is 51.4 Å². The van der Waals surface area contributed by atoms with E-state index in [-0.39, 0.29) is 11.2 Å². The fourth-order valence-corrected chi connectivity index (χ4v) is 7.84. The molecule has 1 aromatic heterocycles. The summed E-state index contributed by atoms with van der Waals surface area (Å²) in [5.74, 6) is 2.69. The third-order valence-corrected chi connectivity index (χ3v) is 8.84. The van der Waals surface area contributed by atoms with Crippen molar-refractivity contribution in [1.82, 2.24) is 9.47 Å². The quantitative estimate of drug-likeness (QED) is 0.612. The summed E-state index contributed by atoms with van der Waals surface area (Å²) < 4.78 is 16.2. The molecule has 30 heavy (non-hydrogen) atoms. The van der Waals surface area contributed by atoms with Gasteiger partial charge in [-0.1, -0.05) is 11.3 Å². The van der Waals surface area contributed by atoms with Crippen LogP contribution in [0.15, 0.2) is 18.2 Å². The Labute approximate surface area is 181 Å². The number of carbonyl (C=O) groups is 1. The average molecular weight is 430 g/mol. The lowest BCUT2D eigenvalue weighted by Crippen LogP contribution is -2.52. The van der Waals surface area contributed by atoms with Crippen LogP contribution in [0.25, 0.3) is 10.2 Å². The second kappa shape index (κ2) is 7.86. The molecule has 6 heteroatoms. The van der Waals surface area contributed by atoms with Crippen LogP contribution in [0.4, 0.5) is 4.39 Å². The number of benzene rings is 1. The zero-order chi connectivity index (χ0) is 20.9. The third-order valence-electron chi connectivity index (χ3n) is 7.88. The number of ketones is 1. The second-order valence-electron chi connectivity index (χ2n) is 10.2. The van der Waals surface area contributed by atoms with E-state index in [0.717, 1.165) is 73.2 Å². The molecule has 4 bridgehead atoms. The Morgan fingerprint density at radius 3 is 2.53 bits per heavy atom. The van der Waals surface area contributed by atoms with Crippen LogP contribution in [0.2, 0.25) is 0 Å². The SMILES string of the molecule is CN(CCCCn1c(=N)sc2cc(F)ccc21)CC(=O)C12CC3CC(CC(C3)C1)C2. The topological polar surface area (TPSA) is 49.1 Å². The Hall–Kier alpha value is -1.53. The summed E-state index contributed by atoms with van der Waals surface area (Å²) >= 11 is 1.33. The number of thiazole rings is 1. The van der Waals surface area contributed by atoms with Gasteiger partial charge in [-0.15, -0.1) is 0 Å². The largest absolute Gasteiger partial charge is 0.317 e. The van der Waals surface area contributed by atoms with Gasteiger partial charge in [0.05, 0.1) is 16.8 Å². The Kier molecular flexibility index (Phi) is 5.34. The number of Topliss-reactive ketones (excluding diaryl/α,β-unsaturated/α-hetero) is 1. The zero-order valence-electron chi connectivity index (χ0n) is 17.8. The molecule has 4 aliphatic rings. The summed E-state index contributed by atoms with van der Waals surface area (Å²) in [5.41, 5.74) is 0.945. The van der Waals surface area contributed by atoms with Crippen LogP contribution in [0, 0.1) is 34.4 Å². The summed E-state index contributed by atoms with van der Waals surface area (Å²) in [6, 6.07) is 4.75. The van der Waals surface area contributed by atoms with Gasteiger partial charge in [0.15, 0.2) is 10.6 Å². The third kappa shape index (κ3) is 3.77. The number of likely N-dealkylation sites (N-methyl/N-ethyl adjacent to an activating group) is 1. The maximum Gasteiger partial charge on any atom is 0.182 e. The predicted octanol–water partition coefficient (Wildman–Crippen LogP) is 4.82. The van der Waals surface area contributed by atoms with Crippen LogP contribution in [0.3, 0.4) is 0 Å². The van der Waals surface area contributed by atoms with Gasteiger partial charge < -0.3 is 4.57 Å². The van der Waals surface area contributed by atoms with Crippen molar-refractivity contribution in [3.8, 4) is 0 Å². The zero-order valence-corrected chi connectivity index (χ0v) is 18.6. The molecule has 1 aromatic carbocycles. The van der Waals surface area contributed by atoms with E-state index in [4.69, 9.17) is 5.41 Å². The van der Waals surface area contributed by atoms with Crippen molar-refractivity contribution < 1.29 is 9.18 Å². The standard InChI is InChI=1S/C24H32FN3OS/c1-27(15-22(29)24-12-16-8-17(13-24)10-18(9-16)14-24)6-2-3-7-28-20-5-4-19(25)11-21(20)30-23(28)26/h4-5,11,16-18,26H,2-3,6-10,12-15H2,1H3. The first kappa shape index (κ1) is 20.4. The lowest BCUT2D eigenvalue weighted by Gasteiger charge is -2.56. The number of carbonyl (C=O) groups excluding carboxylic acids is 1. The minimum Gasteiger partial charge on any atom is -0.317 e. The minimum atomic E-state index is -0.249. The molecule has 0 radical (unpaired) electrons. The molecule has 2 aromatic rings. The Balaban J connectivity index is 1.12. The number of fused-ring (bicyclic) bond motifs is 1. The first-order chi connectivity index (χ1) is 14.4. The van der Waals surface area contributed by atoms with E-state index >= 15 is 0 Å². The molecule has 0 saturated heterocycles. The van der Waals surface area contributed by atoms with Crippen LogP contribution in [0.5, 0.6) is 0 Å². The molecule has 1 N–H and O–H groups in total. The fraction of sp³-hybridized carbons (Fsp3) is 0.667. The molecular weight excluding hydrogens is 397 g/mol. The van der Waals surface area contributed by atoms with E-state index in [0.29, 0.717) is 17.1 Å². The summed E-state index contributed by atoms with van der Waals surface area (Å²) in [4.78, 5) is 15.9. The lowest BCUT2D eigenvalue weighted by atomic mass is 9.48. The van der Waals surface area contributed by atoms with Gasteiger partial charge in [0.25, 0.3) is 0 Å². The molecule has 0 spiro atoms.